The summed E-state index contributed by atoms with van der Waals surface area (Å²) in [5.74, 6) is -0.186. The Morgan fingerprint density at radius 2 is 2.00 bits per heavy atom. The van der Waals surface area contributed by atoms with Gasteiger partial charge in [-0.25, -0.2) is 0 Å². The van der Waals surface area contributed by atoms with Gasteiger partial charge in [0.2, 0.25) is 0 Å². The van der Waals surface area contributed by atoms with Crippen molar-refractivity contribution in [2.24, 2.45) is 0 Å². The standard InChI is InChI=1S/C18H19N3O2/c1-12-7-8-16-15(9-12)17(21-20-16)18(22)19-10-13-5-3-4-6-14(13)11-23-2/h3-9H,10-11H2,1-2H3,(H,19,22)(H,20,21). The van der Waals surface area contributed by atoms with Gasteiger partial charge >= 0.3 is 0 Å². The first kappa shape index (κ1) is 15.2. The summed E-state index contributed by atoms with van der Waals surface area (Å²) in [5.41, 5.74) is 4.49. The van der Waals surface area contributed by atoms with Crippen molar-refractivity contribution in [2.45, 2.75) is 20.1 Å². The zero-order valence-corrected chi connectivity index (χ0v) is 13.2. The predicted octanol–water partition coefficient (Wildman–Crippen LogP) is 2.95. The molecule has 0 saturated heterocycles. The molecule has 5 nitrogen and oxygen atoms in total. The number of aromatic nitrogens is 2. The van der Waals surface area contributed by atoms with Crippen LogP contribution in [0.1, 0.15) is 27.2 Å². The third-order valence-electron chi connectivity index (χ3n) is 3.79. The lowest BCUT2D eigenvalue weighted by atomic mass is 10.1. The highest BCUT2D eigenvalue weighted by Crippen LogP contribution is 2.17. The molecule has 0 saturated carbocycles. The fraction of sp³-hybridized carbons (Fsp3) is 0.222. The quantitative estimate of drug-likeness (QED) is 0.761. The van der Waals surface area contributed by atoms with Gasteiger partial charge in [-0.05, 0) is 30.2 Å². The maximum atomic E-state index is 12.4. The van der Waals surface area contributed by atoms with Gasteiger partial charge in [-0.3, -0.25) is 9.89 Å². The van der Waals surface area contributed by atoms with E-state index in [1.54, 1.807) is 7.11 Å². The second-order valence-electron chi connectivity index (χ2n) is 5.51. The number of fused-ring (bicyclic) bond motifs is 1. The summed E-state index contributed by atoms with van der Waals surface area (Å²) in [6, 6.07) is 13.8. The number of benzene rings is 2. The van der Waals surface area contributed by atoms with Crippen molar-refractivity contribution >= 4 is 16.8 Å². The lowest BCUT2D eigenvalue weighted by Gasteiger charge is -2.09. The molecule has 0 bridgehead atoms. The maximum Gasteiger partial charge on any atom is 0.272 e. The molecule has 1 amide bonds. The van der Waals surface area contributed by atoms with Crippen LogP contribution in [0.4, 0.5) is 0 Å². The Morgan fingerprint density at radius 3 is 2.78 bits per heavy atom. The van der Waals surface area contributed by atoms with Gasteiger partial charge in [-0.2, -0.15) is 5.10 Å². The number of rotatable bonds is 5. The highest BCUT2D eigenvalue weighted by atomic mass is 16.5. The predicted molar refractivity (Wildman–Crippen MR) is 89.2 cm³/mol. The number of amides is 1. The summed E-state index contributed by atoms with van der Waals surface area (Å²) in [7, 11) is 1.66. The van der Waals surface area contributed by atoms with Gasteiger partial charge in [0.25, 0.3) is 5.91 Å². The molecule has 1 heterocycles. The van der Waals surface area contributed by atoms with Crippen molar-refractivity contribution in [1.29, 1.82) is 0 Å². The Kier molecular flexibility index (Phi) is 4.39. The zero-order chi connectivity index (χ0) is 16.2. The van der Waals surface area contributed by atoms with Gasteiger partial charge in [-0.15, -0.1) is 0 Å². The van der Waals surface area contributed by atoms with Gasteiger partial charge in [0, 0.05) is 19.0 Å². The average Bonchev–Trinajstić information content (AvgIpc) is 2.97. The van der Waals surface area contributed by atoms with Gasteiger partial charge in [0.05, 0.1) is 12.1 Å². The van der Waals surface area contributed by atoms with E-state index in [9.17, 15) is 4.79 Å². The molecule has 23 heavy (non-hydrogen) atoms. The molecule has 2 aromatic carbocycles. The number of carbonyl (C=O) groups is 1. The Balaban J connectivity index is 1.78. The average molecular weight is 309 g/mol. The number of aromatic amines is 1. The molecule has 0 aliphatic heterocycles. The second kappa shape index (κ2) is 6.62. The molecule has 0 radical (unpaired) electrons. The number of aryl methyl sites for hydroxylation is 1. The van der Waals surface area contributed by atoms with E-state index in [1.165, 1.54) is 0 Å². The molecule has 118 valence electrons. The molecule has 0 atom stereocenters. The van der Waals surface area contributed by atoms with Crippen LogP contribution in [-0.4, -0.2) is 23.2 Å². The fourth-order valence-corrected chi connectivity index (χ4v) is 2.59. The molecule has 3 rings (SSSR count). The Bertz CT molecular complexity index is 839. The minimum atomic E-state index is -0.186. The first-order valence-corrected chi connectivity index (χ1v) is 7.47. The molecule has 0 spiro atoms. The van der Waals surface area contributed by atoms with Crippen molar-refractivity contribution < 1.29 is 9.53 Å². The minimum Gasteiger partial charge on any atom is -0.380 e. The summed E-state index contributed by atoms with van der Waals surface area (Å²) in [5, 5.41) is 10.8. The zero-order valence-electron chi connectivity index (χ0n) is 13.2. The minimum absolute atomic E-state index is 0.186. The first-order valence-electron chi connectivity index (χ1n) is 7.47. The monoisotopic (exact) mass is 309 g/mol. The molecule has 0 aliphatic carbocycles. The maximum absolute atomic E-state index is 12.4. The molecule has 0 aliphatic rings. The van der Waals surface area contributed by atoms with Crippen LogP contribution in [0.3, 0.4) is 0 Å². The number of ether oxygens (including phenoxy) is 1. The smallest absolute Gasteiger partial charge is 0.272 e. The third kappa shape index (κ3) is 3.24. The van der Waals surface area contributed by atoms with E-state index < -0.39 is 0 Å². The third-order valence-corrected chi connectivity index (χ3v) is 3.79. The highest BCUT2D eigenvalue weighted by Gasteiger charge is 2.14. The molecule has 2 N–H and O–H groups in total. The van der Waals surface area contributed by atoms with Gasteiger partial charge in [0.1, 0.15) is 0 Å². The Hall–Kier alpha value is -2.66. The normalized spacial score (nSPS) is 10.9. The van der Waals surface area contributed by atoms with Crippen LogP contribution in [0.25, 0.3) is 10.9 Å². The fourth-order valence-electron chi connectivity index (χ4n) is 2.59. The number of carbonyl (C=O) groups excluding carboxylic acids is 1. The summed E-state index contributed by atoms with van der Waals surface area (Å²) in [6.07, 6.45) is 0. The Labute approximate surface area is 134 Å². The number of nitrogens with zero attached hydrogens (tertiary/aromatic N) is 1. The highest BCUT2D eigenvalue weighted by molar-refractivity contribution is 6.04. The lowest BCUT2D eigenvalue weighted by Crippen LogP contribution is -2.24. The molecule has 0 unspecified atom stereocenters. The van der Waals surface area contributed by atoms with E-state index in [1.807, 2.05) is 49.4 Å². The number of hydrogen-bond donors (Lipinski definition) is 2. The summed E-state index contributed by atoms with van der Waals surface area (Å²) in [6.45, 7) is 2.96. The second-order valence-corrected chi connectivity index (χ2v) is 5.51. The van der Waals surface area contributed by atoms with E-state index in [0.717, 1.165) is 27.6 Å². The van der Waals surface area contributed by atoms with Crippen LogP contribution in [0, 0.1) is 6.92 Å². The van der Waals surface area contributed by atoms with Crippen molar-refractivity contribution in [1.82, 2.24) is 15.5 Å². The van der Waals surface area contributed by atoms with Gasteiger partial charge in [0.15, 0.2) is 5.69 Å². The van der Waals surface area contributed by atoms with Crippen molar-refractivity contribution in [2.75, 3.05) is 7.11 Å². The van der Waals surface area contributed by atoms with Crippen LogP contribution >= 0.6 is 0 Å². The number of H-pyrrole nitrogens is 1. The topological polar surface area (TPSA) is 67.0 Å². The summed E-state index contributed by atoms with van der Waals surface area (Å²) < 4.78 is 5.19. The first-order chi connectivity index (χ1) is 11.2. The lowest BCUT2D eigenvalue weighted by molar-refractivity contribution is 0.0947. The Morgan fingerprint density at radius 1 is 1.22 bits per heavy atom. The summed E-state index contributed by atoms with van der Waals surface area (Å²) in [4.78, 5) is 12.4. The SMILES string of the molecule is COCc1ccccc1CNC(=O)c1n[nH]c2ccc(C)cc12. The molecular weight excluding hydrogens is 290 g/mol. The van der Waals surface area contributed by atoms with Crippen molar-refractivity contribution in [3.63, 3.8) is 0 Å². The molecule has 3 aromatic rings. The van der Waals surface area contributed by atoms with E-state index in [4.69, 9.17) is 4.74 Å². The van der Waals surface area contributed by atoms with E-state index >= 15 is 0 Å². The number of hydrogen-bond acceptors (Lipinski definition) is 3. The van der Waals surface area contributed by atoms with Crippen LogP contribution < -0.4 is 5.32 Å². The van der Waals surface area contributed by atoms with E-state index in [0.29, 0.717) is 18.8 Å². The molecular formula is C18H19N3O2. The van der Waals surface area contributed by atoms with Crippen molar-refractivity contribution in [3.8, 4) is 0 Å². The van der Waals surface area contributed by atoms with Gasteiger partial charge in [-0.1, -0.05) is 35.9 Å². The van der Waals surface area contributed by atoms with Gasteiger partial charge < -0.3 is 10.1 Å². The van der Waals surface area contributed by atoms with Crippen LogP contribution in [-0.2, 0) is 17.9 Å². The number of nitrogens with one attached hydrogen (secondary N) is 2. The largest absolute Gasteiger partial charge is 0.380 e. The van der Waals surface area contributed by atoms with Crippen LogP contribution in [0.15, 0.2) is 42.5 Å². The van der Waals surface area contributed by atoms with Crippen LogP contribution in [0.2, 0.25) is 0 Å². The molecule has 1 aromatic heterocycles. The van der Waals surface area contributed by atoms with Crippen molar-refractivity contribution in [3.05, 3.63) is 64.8 Å². The molecule has 5 heteroatoms. The van der Waals surface area contributed by atoms with E-state index in [2.05, 4.69) is 15.5 Å². The molecule has 0 fully saturated rings. The van der Waals surface area contributed by atoms with E-state index in [-0.39, 0.29) is 5.91 Å². The number of methoxy groups -OCH3 is 1. The summed E-state index contributed by atoms with van der Waals surface area (Å²) >= 11 is 0. The van der Waals surface area contributed by atoms with Crippen LogP contribution in [0.5, 0.6) is 0 Å².